The van der Waals surface area contributed by atoms with E-state index >= 15 is 0 Å². The molecule has 2 aromatic rings. The summed E-state index contributed by atoms with van der Waals surface area (Å²) in [7, 11) is 3.87. The summed E-state index contributed by atoms with van der Waals surface area (Å²) in [6, 6.07) is 9.16. The Bertz CT molecular complexity index is 741. The van der Waals surface area contributed by atoms with Crippen LogP contribution in [0.1, 0.15) is 40.7 Å². The van der Waals surface area contributed by atoms with E-state index in [0.717, 1.165) is 15.4 Å². The molecule has 9 heteroatoms. The monoisotopic (exact) mass is 480 g/mol. The minimum absolute atomic E-state index is 0. The van der Waals surface area contributed by atoms with Crippen LogP contribution in [-0.2, 0) is 6.54 Å². The Hall–Kier alpha value is -1.55. The van der Waals surface area contributed by atoms with Crippen LogP contribution in [0, 0.1) is 0 Å². The van der Waals surface area contributed by atoms with E-state index in [2.05, 4.69) is 4.74 Å². The van der Waals surface area contributed by atoms with Crippen LogP contribution in [0.3, 0.4) is 0 Å². The molecule has 0 saturated carbocycles. The van der Waals surface area contributed by atoms with Crippen LogP contribution in [0.4, 0.5) is 13.2 Å². The molecule has 0 spiro atoms. The maximum Gasteiger partial charge on any atom is 0.573 e. The first-order chi connectivity index (χ1) is 14.2. The van der Waals surface area contributed by atoms with Gasteiger partial charge in [-0.2, -0.15) is 0 Å². The number of thioether (sulfide) groups is 1. The minimum atomic E-state index is -4.72. The molecule has 4 nitrogen and oxygen atoms in total. The summed E-state index contributed by atoms with van der Waals surface area (Å²) in [6.45, 7) is 8.63. The zero-order valence-electron chi connectivity index (χ0n) is 18.5. The molecule has 0 aliphatic rings. The first-order valence-corrected chi connectivity index (χ1v) is 11.6. The lowest BCUT2D eigenvalue weighted by Gasteiger charge is -2.18. The Kier molecular flexibility index (Phi) is 16.5. The Morgan fingerprint density at radius 2 is 1.45 bits per heavy atom. The molecule has 0 atom stereocenters. The summed E-state index contributed by atoms with van der Waals surface area (Å²) in [4.78, 5) is 3.90. The fraction of sp³-hybridized carbons (Fsp3) is 0.455. The Morgan fingerprint density at radius 3 is 1.87 bits per heavy atom. The van der Waals surface area contributed by atoms with Crippen molar-refractivity contribution in [2.24, 2.45) is 5.14 Å². The second-order valence-corrected chi connectivity index (χ2v) is 7.11. The Labute approximate surface area is 193 Å². The summed E-state index contributed by atoms with van der Waals surface area (Å²) in [5, 5.41) is 5.74. The molecular weight excluding hydrogens is 445 g/mol. The van der Waals surface area contributed by atoms with Gasteiger partial charge in [0.15, 0.2) is 0 Å². The number of benzene rings is 2. The SMILES string of the molecule is C.CC.CC.CSc1cc(Oc2ccc(OC(F)(F)F)cc2)c(CN(C)C)cc1SN. The number of nitrogens with two attached hydrogens (primary N) is 1. The van der Waals surface area contributed by atoms with Gasteiger partial charge in [0, 0.05) is 21.9 Å². The van der Waals surface area contributed by atoms with Gasteiger partial charge in [-0.3, -0.25) is 5.14 Å². The minimum Gasteiger partial charge on any atom is -0.457 e. The number of hydrogen-bond acceptors (Lipinski definition) is 6. The molecule has 0 aliphatic heterocycles. The standard InChI is InChI=1S/C17H19F3N2O2S2.2C2H6.CH4/c1-22(2)10-11-8-16(26-21)15(25-3)9-14(11)23-12-4-6-13(7-5-12)24-17(18,19)20;2*1-2;/h4-9H,10,21H2,1-3H3;2*1-2H3;1H4. The molecule has 0 aromatic heterocycles. The molecule has 31 heavy (non-hydrogen) atoms. The van der Waals surface area contributed by atoms with Crippen molar-refractivity contribution >= 4 is 23.7 Å². The van der Waals surface area contributed by atoms with Crippen molar-refractivity contribution in [3.05, 3.63) is 42.0 Å². The van der Waals surface area contributed by atoms with Crippen LogP contribution >= 0.6 is 23.7 Å². The van der Waals surface area contributed by atoms with E-state index in [1.807, 2.05) is 65.1 Å². The molecule has 0 fully saturated rings. The predicted octanol–water partition coefficient (Wildman–Crippen LogP) is 7.82. The van der Waals surface area contributed by atoms with E-state index in [1.165, 1.54) is 36.2 Å². The van der Waals surface area contributed by atoms with Crippen molar-refractivity contribution < 1.29 is 22.6 Å². The van der Waals surface area contributed by atoms with Gasteiger partial charge in [0.1, 0.15) is 17.2 Å². The number of rotatable bonds is 7. The van der Waals surface area contributed by atoms with Gasteiger partial charge >= 0.3 is 6.36 Å². The average Bonchev–Trinajstić information content (AvgIpc) is 2.71. The fourth-order valence-electron chi connectivity index (χ4n) is 2.23. The summed E-state index contributed by atoms with van der Waals surface area (Å²) in [5.74, 6) is 0.753. The highest BCUT2D eigenvalue weighted by molar-refractivity contribution is 8.01. The number of hydrogen-bond donors (Lipinski definition) is 1. The van der Waals surface area contributed by atoms with Crippen LogP contribution < -0.4 is 14.6 Å². The van der Waals surface area contributed by atoms with Crippen LogP contribution in [0.15, 0.2) is 46.2 Å². The molecule has 0 aliphatic carbocycles. The highest BCUT2D eigenvalue weighted by atomic mass is 32.2. The van der Waals surface area contributed by atoms with Crippen molar-refractivity contribution in [1.82, 2.24) is 4.90 Å². The van der Waals surface area contributed by atoms with Gasteiger partial charge in [-0.15, -0.1) is 24.9 Å². The molecule has 178 valence electrons. The van der Waals surface area contributed by atoms with E-state index in [1.54, 1.807) is 11.8 Å². The molecule has 0 amide bonds. The third-order valence-electron chi connectivity index (χ3n) is 3.25. The van der Waals surface area contributed by atoms with Crippen molar-refractivity contribution in [2.45, 2.75) is 57.8 Å². The van der Waals surface area contributed by atoms with Crippen molar-refractivity contribution in [2.75, 3.05) is 20.4 Å². The van der Waals surface area contributed by atoms with Crippen molar-refractivity contribution in [3.63, 3.8) is 0 Å². The summed E-state index contributed by atoms with van der Waals surface area (Å²) < 4.78 is 46.5. The van der Waals surface area contributed by atoms with E-state index < -0.39 is 6.36 Å². The van der Waals surface area contributed by atoms with E-state index in [0.29, 0.717) is 18.0 Å². The van der Waals surface area contributed by atoms with E-state index in [9.17, 15) is 13.2 Å². The van der Waals surface area contributed by atoms with E-state index in [4.69, 9.17) is 9.88 Å². The normalized spacial score (nSPS) is 10.2. The third kappa shape index (κ3) is 11.6. The number of alkyl halides is 3. The number of halogens is 3. The average molecular weight is 481 g/mol. The van der Waals surface area contributed by atoms with Crippen molar-refractivity contribution in [3.8, 4) is 17.2 Å². The lowest BCUT2D eigenvalue weighted by Crippen LogP contribution is -2.16. The van der Waals surface area contributed by atoms with Crippen LogP contribution in [0.5, 0.6) is 17.2 Å². The second kappa shape index (κ2) is 16.1. The molecule has 0 heterocycles. The summed E-state index contributed by atoms with van der Waals surface area (Å²) in [5.41, 5.74) is 0.927. The highest BCUT2D eigenvalue weighted by Gasteiger charge is 2.31. The van der Waals surface area contributed by atoms with Crippen LogP contribution in [-0.4, -0.2) is 31.6 Å². The van der Waals surface area contributed by atoms with Gasteiger partial charge in [-0.05, 0) is 68.7 Å². The maximum atomic E-state index is 12.2. The van der Waals surface area contributed by atoms with Gasteiger partial charge in [-0.25, -0.2) is 0 Å². The quantitative estimate of drug-likeness (QED) is 0.322. The third-order valence-corrected chi connectivity index (χ3v) is 4.74. The van der Waals surface area contributed by atoms with Gasteiger partial charge in [-0.1, -0.05) is 35.1 Å². The first kappa shape index (κ1) is 31.6. The maximum absolute atomic E-state index is 12.2. The van der Waals surface area contributed by atoms with E-state index in [-0.39, 0.29) is 13.2 Å². The zero-order valence-corrected chi connectivity index (χ0v) is 20.1. The largest absolute Gasteiger partial charge is 0.573 e. The van der Waals surface area contributed by atoms with Gasteiger partial charge < -0.3 is 14.4 Å². The molecule has 2 N–H and O–H groups in total. The summed E-state index contributed by atoms with van der Waals surface area (Å²) in [6.07, 6.45) is -2.78. The van der Waals surface area contributed by atoms with Gasteiger partial charge in [0.25, 0.3) is 0 Å². The highest BCUT2D eigenvalue weighted by Crippen LogP contribution is 2.36. The summed E-state index contributed by atoms with van der Waals surface area (Å²) >= 11 is 2.71. The fourth-order valence-corrected chi connectivity index (χ4v) is 3.50. The van der Waals surface area contributed by atoms with Crippen molar-refractivity contribution in [1.29, 1.82) is 0 Å². The zero-order chi connectivity index (χ0) is 23.3. The Balaban J connectivity index is 0. The molecule has 2 rings (SSSR count). The smallest absolute Gasteiger partial charge is 0.457 e. The Morgan fingerprint density at radius 1 is 0.935 bits per heavy atom. The van der Waals surface area contributed by atoms with Gasteiger partial charge in [0.05, 0.1) is 0 Å². The number of nitrogens with zero attached hydrogens (tertiary/aromatic N) is 1. The lowest BCUT2D eigenvalue weighted by atomic mass is 10.2. The van der Waals surface area contributed by atoms with Crippen LogP contribution in [0.25, 0.3) is 0 Å². The first-order valence-electron chi connectivity index (χ1n) is 9.48. The van der Waals surface area contributed by atoms with Gasteiger partial charge in [0.2, 0.25) is 0 Å². The number of ether oxygens (including phenoxy) is 2. The molecule has 2 aromatic carbocycles. The molecular formula is C22H35F3N2O2S2. The second-order valence-electron chi connectivity index (χ2n) is 5.59. The molecule has 0 saturated heterocycles. The lowest BCUT2D eigenvalue weighted by molar-refractivity contribution is -0.274. The predicted molar refractivity (Wildman–Crippen MR) is 128 cm³/mol. The molecule has 0 bridgehead atoms. The molecule has 0 radical (unpaired) electrons. The molecule has 0 unspecified atom stereocenters. The van der Waals surface area contributed by atoms with Crippen LogP contribution in [0.2, 0.25) is 0 Å². The topological polar surface area (TPSA) is 47.7 Å².